The van der Waals surface area contributed by atoms with Crippen LogP contribution in [0.3, 0.4) is 0 Å². The molecule has 6 nitrogen and oxygen atoms in total. The number of nitrogens with zero attached hydrogens (tertiary/aromatic N) is 2. The summed E-state index contributed by atoms with van der Waals surface area (Å²) in [5.41, 5.74) is 1.78. The lowest BCUT2D eigenvalue weighted by atomic mass is 10.1. The van der Waals surface area contributed by atoms with E-state index in [1.165, 1.54) is 31.5 Å². The number of amides is 1. The summed E-state index contributed by atoms with van der Waals surface area (Å²) in [5.74, 6) is -0.433. The minimum Gasteiger partial charge on any atom is -0.339 e. The van der Waals surface area contributed by atoms with Crippen molar-refractivity contribution in [2.45, 2.75) is 6.92 Å². The summed E-state index contributed by atoms with van der Waals surface area (Å²) in [4.78, 5) is 31.8. The first-order valence-electron chi connectivity index (χ1n) is 7.78. The third-order valence-corrected chi connectivity index (χ3v) is 3.53. The van der Waals surface area contributed by atoms with Crippen molar-refractivity contribution in [1.82, 2.24) is 9.97 Å². The third-order valence-electron chi connectivity index (χ3n) is 3.53. The van der Waals surface area contributed by atoms with E-state index in [4.69, 9.17) is 0 Å². The molecule has 0 spiro atoms. The fraction of sp³-hybridized carbons (Fsp3) is 0.0526. The Morgan fingerprint density at radius 1 is 0.962 bits per heavy atom. The van der Waals surface area contributed by atoms with Gasteiger partial charge in [-0.1, -0.05) is 12.1 Å². The molecule has 2 aromatic carbocycles. The van der Waals surface area contributed by atoms with E-state index < -0.39 is 5.91 Å². The van der Waals surface area contributed by atoms with Gasteiger partial charge in [0, 0.05) is 16.9 Å². The van der Waals surface area contributed by atoms with Crippen LogP contribution in [0.4, 0.5) is 21.6 Å². The highest BCUT2D eigenvalue weighted by molar-refractivity contribution is 6.03. The van der Waals surface area contributed by atoms with Gasteiger partial charge in [-0.25, -0.2) is 14.4 Å². The number of anilines is 3. The van der Waals surface area contributed by atoms with Crippen molar-refractivity contribution < 1.29 is 14.0 Å². The molecule has 0 bridgehead atoms. The van der Waals surface area contributed by atoms with Gasteiger partial charge in [0.15, 0.2) is 5.78 Å². The molecule has 3 rings (SSSR count). The second-order valence-electron chi connectivity index (χ2n) is 5.51. The molecule has 1 heterocycles. The van der Waals surface area contributed by atoms with Gasteiger partial charge in [-0.3, -0.25) is 9.59 Å². The molecular weight excluding hydrogens is 335 g/mol. The van der Waals surface area contributed by atoms with E-state index in [0.717, 1.165) is 0 Å². The summed E-state index contributed by atoms with van der Waals surface area (Å²) in [6.45, 7) is 1.46. The molecule has 2 N–H and O–H groups in total. The fourth-order valence-electron chi connectivity index (χ4n) is 2.20. The van der Waals surface area contributed by atoms with Crippen LogP contribution in [0.2, 0.25) is 0 Å². The number of halogens is 1. The number of nitrogens with one attached hydrogen (secondary N) is 2. The zero-order chi connectivity index (χ0) is 18.5. The maximum absolute atomic E-state index is 12.9. The number of ketones is 1. The Morgan fingerprint density at radius 2 is 1.73 bits per heavy atom. The molecule has 0 fully saturated rings. The lowest BCUT2D eigenvalue weighted by molar-refractivity contribution is 0.100. The first-order valence-corrected chi connectivity index (χ1v) is 7.78. The minimum absolute atomic E-state index is 0.0860. The van der Waals surface area contributed by atoms with Crippen LogP contribution in [-0.2, 0) is 0 Å². The Kier molecular flexibility index (Phi) is 4.98. The maximum Gasteiger partial charge on any atom is 0.275 e. The van der Waals surface area contributed by atoms with Gasteiger partial charge in [0.25, 0.3) is 5.91 Å². The van der Waals surface area contributed by atoms with Gasteiger partial charge in [0.05, 0.1) is 12.4 Å². The predicted octanol–water partition coefficient (Wildman–Crippen LogP) is 3.81. The fourth-order valence-corrected chi connectivity index (χ4v) is 2.20. The zero-order valence-corrected chi connectivity index (χ0v) is 13.9. The topological polar surface area (TPSA) is 84.0 Å². The second-order valence-corrected chi connectivity index (χ2v) is 5.51. The average molecular weight is 350 g/mol. The van der Waals surface area contributed by atoms with Crippen LogP contribution < -0.4 is 10.6 Å². The Morgan fingerprint density at radius 3 is 2.38 bits per heavy atom. The summed E-state index contributed by atoms with van der Waals surface area (Å²) in [7, 11) is 0. The summed E-state index contributed by atoms with van der Waals surface area (Å²) in [5, 5.41) is 5.63. The SMILES string of the molecule is CC(=O)c1cccc(NC(=O)c2cnc(Nc3ccc(F)cc3)cn2)c1. The smallest absolute Gasteiger partial charge is 0.275 e. The summed E-state index contributed by atoms with van der Waals surface area (Å²) in [6.07, 6.45) is 2.74. The highest BCUT2D eigenvalue weighted by Crippen LogP contribution is 2.15. The molecular formula is C19H15FN4O2. The lowest BCUT2D eigenvalue weighted by Gasteiger charge is -2.07. The first-order chi connectivity index (χ1) is 12.5. The molecule has 0 radical (unpaired) electrons. The number of hydrogen-bond acceptors (Lipinski definition) is 5. The Bertz CT molecular complexity index is 941. The Hall–Kier alpha value is -3.61. The Labute approximate surface area is 149 Å². The van der Waals surface area contributed by atoms with Gasteiger partial charge in [-0.15, -0.1) is 0 Å². The third kappa shape index (κ3) is 4.27. The maximum atomic E-state index is 12.9. The van der Waals surface area contributed by atoms with Crippen molar-refractivity contribution in [3.8, 4) is 0 Å². The zero-order valence-electron chi connectivity index (χ0n) is 13.9. The molecule has 0 unspecified atom stereocenters. The van der Waals surface area contributed by atoms with E-state index in [9.17, 15) is 14.0 Å². The van der Waals surface area contributed by atoms with Crippen molar-refractivity contribution in [3.05, 3.63) is 78.0 Å². The number of benzene rings is 2. The molecule has 0 aliphatic rings. The van der Waals surface area contributed by atoms with Crippen LogP contribution in [0.25, 0.3) is 0 Å². The van der Waals surface area contributed by atoms with E-state index in [0.29, 0.717) is 22.8 Å². The van der Waals surface area contributed by atoms with Crippen LogP contribution >= 0.6 is 0 Å². The molecule has 1 aromatic heterocycles. The van der Waals surface area contributed by atoms with E-state index >= 15 is 0 Å². The molecule has 0 aliphatic carbocycles. The molecule has 0 aliphatic heterocycles. The van der Waals surface area contributed by atoms with Crippen molar-refractivity contribution in [2.75, 3.05) is 10.6 Å². The Balaban J connectivity index is 1.68. The standard InChI is InChI=1S/C19H15FN4O2/c1-12(25)13-3-2-4-16(9-13)24-19(26)17-10-22-18(11-21-17)23-15-7-5-14(20)6-8-15/h2-11H,1H3,(H,22,23)(H,24,26). The largest absolute Gasteiger partial charge is 0.339 e. The average Bonchev–Trinajstić information content (AvgIpc) is 2.64. The second kappa shape index (κ2) is 7.52. The normalized spacial score (nSPS) is 10.2. The van der Waals surface area contributed by atoms with Crippen LogP contribution in [0, 0.1) is 5.82 Å². The van der Waals surface area contributed by atoms with Gasteiger partial charge >= 0.3 is 0 Å². The van der Waals surface area contributed by atoms with E-state index in [1.54, 1.807) is 36.4 Å². The molecule has 26 heavy (non-hydrogen) atoms. The van der Waals surface area contributed by atoms with E-state index in [1.807, 2.05) is 0 Å². The number of rotatable bonds is 5. The molecule has 7 heteroatoms. The van der Waals surface area contributed by atoms with Crippen molar-refractivity contribution >= 4 is 28.9 Å². The highest BCUT2D eigenvalue weighted by atomic mass is 19.1. The van der Waals surface area contributed by atoms with E-state index in [-0.39, 0.29) is 17.3 Å². The molecule has 0 saturated carbocycles. The summed E-state index contributed by atoms with van der Waals surface area (Å²) < 4.78 is 12.9. The predicted molar refractivity (Wildman–Crippen MR) is 96.1 cm³/mol. The molecule has 0 saturated heterocycles. The molecule has 0 atom stereocenters. The van der Waals surface area contributed by atoms with E-state index in [2.05, 4.69) is 20.6 Å². The van der Waals surface area contributed by atoms with Gasteiger partial charge in [0.2, 0.25) is 0 Å². The summed E-state index contributed by atoms with van der Waals surface area (Å²) >= 11 is 0. The summed E-state index contributed by atoms with van der Waals surface area (Å²) in [6, 6.07) is 12.4. The number of carbonyl (C=O) groups excluding carboxylic acids is 2. The number of hydrogen-bond donors (Lipinski definition) is 2. The monoisotopic (exact) mass is 350 g/mol. The van der Waals surface area contributed by atoms with Gasteiger partial charge in [0.1, 0.15) is 17.3 Å². The molecule has 1 amide bonds. The lowest BCUT2D eigenvalue weighted by Crippen LogP contribution is -2.14. The van der Waals surface area contributed by atoms with Crippen LogP contribution in [-0.4, -0.2) is 21.7 Å². The van der Waals surface area contributed by atoms with Crippen molar-refractivity contribution in [3.63, 3.8) is 0 Å². The molecule has 130 valence electrons. The number of aromatic nitrogens is 2. The molecule has 3 aromatic rings. The number of carbonyl (C=O) groups is 2. The minimum atomic E-state index is -0.438. The van der Waals surface area contributed by atoms with Crippen LogP contribution in [0.1, 0.15) is 27.8 Å². The highest BCUT2D eigenvalue weighted by Gasteiger charge is 2.10. The first kappa shape index (κ1) is 17.2. The van der Waals surface area contributed by atoms with Crippen LogP contribution in [0.5, 0.6) is 0 Å². The number of Topliss-reactive ketones (excluding diaryl/α,β-unsaturated/α-hetero) is 1. The van der Waals surface area contributed by atoms with Gasteiger partial charge in [-0.05, 0) is 43.3 Å². The van der Waals surface area contributed by atoms with Gasteiger partial charge < -0.3 is 10.6 Å². The van der Waals surface area contributed by atoms with Crippen molar-refractivity contribution in [1.29, 1.82) is 0 Å². The van der Waals surface area contributed by atoms with Crippen molar-refractivity contribution in [2.24, 2.45) is 0 Å². The quantitative estimate of drug-likeness (QED) is 0.684. The van der Waals surface area contributed by atoms with Crippen LogP contribution in [0.15, 0.2) is 60.9 Å². The van der Waals surface area contributed by atoms with Gasteiger partial charge in [-0.2, -0.15) is 0 Å².